The van der Waals surface area contributed by atoms with E-state index in [1.165, 1.54) is 70.2 Å². The first-order valence-electron chi connectivity index (χ1n) is 24.8. The number of esters is 1. The molecule has 0 heterocycles. The fourth-order valence-electron chi connectivity index (χ4n) is 12.2. The summed E-state index contributed by atoms with van der Waals surface area (Å²) in [5, 5.41) is 11.2. The molecule has 0 saturated heterocycles. The molecule has 0 spiro atoms. The summed E-state index contributed by atoms with van der Waals surface area (Å²) in [7, 11) is 0. The lowest BCUT2D eigenvalue weighted by atomic mass is 9.62. The normalized spacial score (nSPS) is 23.3. The average Bonchev–Trinajstić information content (AvgIpc) is 3.29. The van der Waals surface area contributed by atoms with E-state index in [1.54, 1.807) is 12.1 Å². The Morgan fingerprint density at radius 3 is 1.51 bits per heavy atom. The number of ether oxygens (including phenoxy) is 3. The van der Waals surface area contributed by atoms with E-state index in [0.717, 1.165) is 51.1 Å². The van der Waals surface area contributed by atoms with Gasteiger partial charge in [-0.3, -0.25) is 0 Å². The van der Waals surface area contributed by atoms with E-state index in [2.05, 4.69) is 122 Å². The lowest BCUT2D eigenvalue weighted by Gasteiger charge is -2.43. The largest absolute Gasteiger partial charge is 0.504 e. The van der Waals surface area contributed by atoms with Gasteiger partial charge in [0.1, 0.15) is 13.2 Å². The number of phenolic OH excluding ortho intramolecular Hbond substituents is 1. The first-order chi connectivity index (χ1) is 32.1. The van der Waals surface area contributed by atoms with Crippen LogP contribution in [-0.2, 0) is 13.2 Å². The zero-order valence-corrected chi connectivity index (χ0v) is 43.1. The van der Waals surface area contributed by atoms with Gasteiger partial charge in [0.05, 0.1) is 5.56 Å². The minimum atomic E-state index is -0.361. The third kappa shape index (κ3) is 10.1. The van der Waals surface area contributed by atoms with Crippen molar-refractivity contribution < 1.29 is 24.1 Å². The molecule has 0 aromatic heterocycles. The van der Waals surface area contributed by atoms with Crippen LogP contribution in [0.5, 0.6) is 23.0 Å². The second kappa shape index (κ2) is 20.7. The van der Waals surface area contributed by atoms with Crippen LogP contribution in [0.15, 0.2) is 113 Å². The number of carbonyl (C=O) groups excluding carboxylic acids is 1. The van der Waals surface area contributed by atoms with E-state index in [1.807, 2.05) is 48.5 Å². The summed E-state index contributed by atoms with van der Waals surface area (Å²) in [5.41, 5.74) is 15.6. The van der Waals surface area contributed by atoms with E-state index in [9.17, 15) is 9.90 Å². The molecule has 9 rings (SSSR count). The minimum Gasteiger partial charge on any atom is -0.504 e. The molecule has 5 aromatic rings. The molecule has 67 heavy (non-hydrogen) atoms. The molecule has 0 unspecified atom stereocenters. The lowest BCUT2D eigenvalue weighted by molar-refractivity contribution is 0.0725. The van der Waals surface area contributed by atoms with Gasteiger partial charge in [-0.05, 0) is 184 Å². The Morgan fingerprint density at radius 2 is 1.03 bits per heavy atom. The number of hydrogen-bond donors (Lipinski definition) is 1. The second-order valence-electron chi connectivity index (χ2n) is 20.8. The predicted octanol–water partition coefficient (Wildman–Crippen LogP) is 17.0. The van der Waals surface area contributed by atoms with Crippen LogP contribution < -0.4 is 14.2 Å². The molecule has 8 atom stereocenters. The molecule has 0 bridgehead atoms. The van der Waals surface area contributed by atoms with Crippen LogP contribution in [0.4, 0.5) is 0 Å². The van der Waals surface area contributed by atoms with E-state index < -0.39 is 0 Å². The number of benzene rings is 5. The molecule has 0 saturated carbocycles. The molecule has 5 nitrogen and oxygen atoms in total. The number of allylic oxidation sites excluding steroid dienone is 4. The van der Waals surface area contributed by atoms with Gasteiger partial charge in [0.25, 0.3) is 0 Å². The fourth-order valence-corrected chi connectivity index (χ4v) is 12.4. The summed E-state index contributed by atoms with van der Waals surface area (Å²) < 4.78 is 20.2. The van der Waals surface area contributed by atoms with Crippen LogP contribution >= 0.6 is 15.9 Å². The summed E-state index contributed by atoms with van der Waals surface area (Å²) in [6.07, 6.45) is 11.8. The Kier molecular flexibility index (Phi) is 14.9. The summed E-state index contributed by atoms with van der Waals surface area (Å²) in [5.74, 6) is 5.81. The van der Waals surface area contributed by atoms with Gasteiger partial charge < -0.3 is 19.3 Å². The van der Waals surface area contributed by atoms with Crippen molar-refractivity contribution >= 4 is 21.9 Å². The number of carbonyl (C=O) groups is 1. The number of rotatable bonds is 10. The maximum Gasteiger partial charge on any atom is 0.343 e. The molecule has 0 amide bonds. The molecular formula is C61H71BrO5. The first-order valence-corrected chi connectivity index (χ1v) is 25.6. The number of halogens is 1. The van der Waals surface area contributed by atoms with Gasteiger partial charge in [-0.2, -0.15) is 0 Å². The first kappa shape index (κ1) is 48.4. The van der Waals surface area contributed by atoms with Crippen molar-refractivity contribution in [1.82, 2.24) is 0 Å². The SMILES string of the molecule is CC(C)=C[C@@H]1C[C@H](C)[C@H]2CC[C@H](C)c3c(OCc4ccccc4)c(O)c(C)c1c32.CC(C)=C[C@@H]1C[C@H](C)[C@H]2CC[C@H](C)c3c(OCc4ccccc4)c(OC(=O)c4ccc(Br)cc4)c(C)c1c32. The van der Waals surface area contributed by atoms with Gasteiger partial charge in [0.2, 0.25) is 0 Å². The van der Waals surface area contributed by atoms with Crippen molar-refractivity contribution in [3.63, 3.8) is 0 Å². The molecule has 6 heteroatoms. The van der Waals surface area contributed by atoms with Gasteiger partial charge in [0, 0.05) is 27.4 Å². The van der Waals surface area contributed by atoms with Crippen molar-refractivity contribution in [1.29, 1.82) is 0 Å². The number of aromatic hydroxyl groups is 1. The minimum absolute atomic E-state index is 0.304. The van der Waals surface area contributed by atoms with Gasteiger partial charge in [-0.15, -0.1) is 0 Å². The van der Waals surface area contributed by atoms with Crippen molar-refractivity contribution in [2.75, 3.05) is 0 Å². The van der Waals surface area contributed by atoms with Crippen LogP contribution in [0.2, 0.25) is 0 Å². The molecule has 0 radical (unpaired) electrons. The monoisotopic (exact) mass is 962 g/mol. The van der Waals surface area contributed by atoms with Crippen LogP contribution in [0, 0.1) is 25.7 Å². The van der Waals surface area contributed by atoms with Gasteiger partial charge in [-0.1, -0.05) is 128 Å². The van der Waals surface area contributed by atoms with E-state index in [-0.39, 0.29) is 5.97 Å². The summed E-state index contributed by atoms with van der Waals surface area (Å²) in [6, 6.07) is 27.8. The fraction of sp³-hybridized carbons (Fsp3) is 0.426. The van der Waals surface area contributed by atoms with Crippen LogP contribution in [0.3, 0.4) is 0 Å². The third-order valence-corrected chi connectivity index (χ3v) is 15.8. The Balaban J connectivity index is 0.000000188. The van der Waals surface area contributed by atoms with Gasteiger partial charge >= 0.3 is 5.97 Å². The van der Waals surface area contributed by atoms with Gasteiger partial charge in [-0.25, -0.2) is 4.79 Å². The Bertz CT molecular complexity index is 2640. The van der Waals surface area contributed by atoms with Crippen LogP contribution in [-0.4, -0.2) is 11.1 Å². The van der Waals surface area contributed by atoms with Crippen molar-refractivity contribution in [3.8, 4) is 23.0 Å². The molecule has 4 aliphatic carbocycles. The summed E-state index contributed by atoms with van der Waals surface area (Å²) in [4.78, 5) is 13.4. The maximum atomic E-state index is 13.4. The molecule has 5 aromatic carbocycles. The summed E-state index contributed by atoms with van der Waals surface area (Å²) >= 11 is 3.46. The zero-order chi connectivity index (χ0) is 47.7. The molecule has 1 N–H and O–H groups in total. The van der Waals surface area contributed by atoms with E-state index in [0.29, 0.717) is 77.6 Å². The van der Waals surface area contributed by atoms with Crippen LogP contribution in [0.1, 0.15) is 195 Å². The highest BCUT2D eigenvalue weighted by atomic mass is 79.9. The van der Waals surface area contributed by atoms with Gasteiger partial charge in [0.15, 0.2) is 23.0 Å². The van der Waals surface area contributed by atoms with Crippen molar-refractivity contribution in [3.05, 3.63) is 174 Å². The van der Waals surface area contributed by atoms with Crippen molar-refractivity contribution in [2.45, 2.75) is 156 Å². The Hall–Kier alpha value is -5.07. The topological polar surface area (TPSA) is 65.0 Å². The number of phenols is 1. The van der Waals surface area contributed by atoms with E-state index >= 15 is 0 Å². The van der Waals surface area contributed by atoms with Crippen LogP contribution in [0.25, 0.3) is 0 Å². The third-order valence-electron chi connectivity index (χ3n) is 15.3. The molecule has 352 valence electrons. The molecular weight excluding hydrogens is 893 g/mol. The zero-order valence-electron chi connectivity index (χ0n) is 41.5. The molecule has 0 fully saturated rings. The average molecular weight is 964 g/mol. The highest BCUT2D eigenvalue weighted by molar-refractivity contribution is 9.10. The van der Waals surface area contributed by atoms with E-state index in [4.69, 9.17) is 14.2 Å². The highest BCUT2D eigenvalue weighted by Crippen LogP contribution is 2.60. The van der Waals surface area contributed by atoms with Crippen molar-refractivity contribution in [2.24, 2.45) is 11.8 Å². The summed E-state index contributed by atoms with van der Waals surface area (Å²) in [6.45, 7) is 23.2. The maximum absolute atomic E-state index is 13.4. The highest BCUT2D eigenvalue weighted by Gasteiger charge is 2.43. The molecule has 4 aliphatic rings. The standard InChI is InChI=1S/C34H37BrO3.C27H34O2/c1-20(2)17-26-18-22(4)28-16-11-21(3)29-31(28)30(26)23(5)32(33(29)37-19-24-9-7-6-8-10-24)38-34(36)25-12-14-27(35)15-13-25;1-16(2)13-21-14-18(4)22-12-11-17(3)23-25(22)24(21)19(5)26(28)27(23)29-15-20-9-7-6-8-10-20/h6-10,12-15,17,21-22,26,28H,11,16,18-19H2,1-5H3;6-10,13,17-18,21-22,28H,11-12,14-15H2,1-5H3/t21-,22-,26+,28+;17-,18-,21+,22+/m00/s1. The Labute approximate surface area is 409 Å². The lowest BCUT2D eigenvalue weighted by Crippen LogP contribution is -2.29. The molecule has 0 aliphatic heterocycles. The smallest absolute Gasteiger partial charge is 0.343 e. The number of hydrogen-bond acceptors (Lipinski definition) is 5. The second-order valence-corrected chi connectivity index (χ2v) is 21.7. The Morgan fingerprint density at radius 1 is 0.582 bits per heavy atom. The quantitative estimate of drug-likeness (QED) is 0.0858. The predicted molar refractivity (Wildman–Crippen MR) is 277 cm³/mol.